The fourth-order valence-electron chi connectivity index (χ4n) is 3.38. The highest BCUT2D eigenvalue weighted by atomic mass is 79.9. The van der Waals surface area contributed by atoms with Gasteiger partial charge >= 0.3 is 0 Å². The van der Waals surface area contributed by atoms with Gasteiger partial charge in [0.15, 0.2) is 5.96 Å². The second-order valence-electron chi connectivity index (χ2n) is 6.76. The molecule has 2 saturated heterocycles. The van der Waals surface area contributed by atoms with E-state index >= 15 is 0 Å². The summed E-state index contributed by atoms with van der Waals surface area (Å²) in [6, 6.07) is 8.90. The highest BCUT2D eigenvalue weighted by Gasteiger charge is 2.23. The van der Waals surface area contributed by atoms with Crippen LogP contribution in [0, 0.1) is 0 Å². The predicted octanol–water partition coefficient (Wildman–Crippen LogP) is 2.39. The number of anilines is 1. The number of rotatable bonds is 7. The Balaban J connectivity index is 1.33. The Kier molecular flexibility index (Phi) is 7.58. The van der Waals surface area contributed by atoms with Crippen molar-refractivity contribution in [2.24, 2.45) is 4.99 Å². The minimum Gasteiger partial charge on any atom is -0.377 e. The molecule has 2 N–H and O–H groups in total. The highest BCUT2D eigenvalue weighted by Crippen LogP contribution is 2.22. The number of hydrogen-bond donors (Lipinski definition) is 2. The Morgan fingerprint density at radius 1 is 1.35 bits per heavy atom. The smallest absolute Gasteiger partial charge is 0.191 e. The fourth-order valence-corrected chi connectivity index (χ4v) is 3.65. The summed E-state index contributed by atoms with van der Waals surface area (Å²) >= 11 is 3.49. The van der Waals surface area contributed by atoms with Crippen LogP contribution >= 0.6 is 15.9 Å². The monoisotopic (exact) mass is 424 g/mol. The summed E-state index contributed by atoms with van der Waals surface area (Å²) in [6.45, 7) is 5.02. The molecule has 2 aliphatic rings. The summed E-state index contributed by atoms with van der Waals surface area (Å²) in [7, 11) is 1.81. The molecule has 7 heteroatoms. The average molecular weight is 425 g/mol. The first-order valence-corrected chi connectivity index (χ1v) is 10.2. The van der Waals surface area contributed by atoms with Crippen molar-refractivity contribution in [3.8, 4) is 0 Å². The lowest BCUT2D eigenvalue weighted by atomic mass is 10.2. The van der Waals surface area contributed by atoms with E-state index in [4.69, 9.17) is 9.47 Å². The van der Waals surface area contributed by atoms with Crippen LogP contribution in [0.4, 0.5) is 5.69 Å². The van der Waals surface area contributed by atoms with E-state index in [1.54, 1.807) is 0 Å². The summed E-state index contributed by atoms with van der Waals surface area (Å²) in [5.74, 6) is 0.841. The van der Waals surface area contributed by atoms with Crippen LogP contribution in [0.15, 0.2) is 33.7 Å². The number of aliphatic imine (C=N–C) groups is 1. The molecule has 2 atom stereocenters. The molecular weight excluding hydrogens is 396 g/mol. The van der Waals surface area contributed by atoms with Crippen LogP contribution in [0.2, 0.25) is 0 Å². The molecule has 1 aromatic rings. The maximum atomic E-state index is 5.68. The van der Waals surface area contributed by atoms with Crippen molar-refractivity contribution in [1.29, 1.82) is 0 Å². The topological polar surface area (TPSA) is 58.1 Å². The number of benzene rings is 1. The number of hydrogen-bond acceptors (Lipinski definition) is 4. The molecule has 2 unspecified atom stereocenters. The molecule has 0 amide bonds. The number of guanidine groups is 1. The first kappa shape index (κ1) is 19.5. The Morgan fingerprint density at radius 2 is 2.19 bits per heavy atom. The summed E-state index contributed by atoms with van der Waals surface area (Å²) in [4.78, 5) is 6.73. The number of halogens is 1. The van der Waals surface area contributed by atoms with E-state index in [-0.39, 0.29) is 6.10 Å². The zero-order chi connectivity index (χ0) is 18.2. The lowest BCUT2D eigenvalue weighted by molar-refractivity contribution is 0.0191. The minimum absolute atomic E-state index is 0.288. The van der Waals surface area contributed by atoms with Crippen LogP contribution in [-0.4, -0.2) is 64.6 Å². The third-order valence-corrected chi connectivity index (χ3v) is 5.34. The van der Waals surface area contributed by atoms with Gasteiger partial charge in [-0.15, -0.1) is 0 Å². The zero-order valence-corrected chi connectivity index (χ0v) is 17.0. The average Bonchev–Trinajstić information content (AvgIpc) is 3.33. The summed E-state index contributed by atoms with van der Waals surface area (Å²) in [5.41, 5.74) is 1.27. The Labute approximate surface area is 164 Å². The maximum absolute atomic E-state index is 5.68. The molecule has 2 heterocycles. The van der Waals surface area contributed by atoms with Crippen LogP contribution in [-0.2, 0) is 9.47 Å². The largest absolute Gasteiger partial charge is 0.377 e. The molecule has 144 valence electrons. The van der Waals surface area contributed by atoms with E-state index in [9.17, 15) is 0 Å². The van der Waals surface area contributed by atoms with Crippen molar-refractivity contribution >= 4 is 27.6 Å². The van der Waals surface area contributed by atoms with Crippen molar-refractivity contribution in [3.05, 3.63) is 28.7 Å². The van der Waals surface area contributed by atoms with Crippen molar-refractivity contribution in [3.63, 3.8) is 0 Å². The van der Waals surface area contributed by atoms with Crippen molar-refractivity contribution in [1.82, 2.24) is 10.6 Å². The molecule has 3 rings (SSSR count). The SMILES string of the molecule is CN=C(NCCOCC1CCCO1)NC1CCN(c2ccc(Br)cc2)C1. The summed E-state index contributed by atoms with van der Waals surface area (Å²) in [5, 5.41) is 6.85. The van der Waals surface area contributed by atoms with E-state index in [2.05, 4.69) is 60.7 Å². The first-order chi connectivity index (χ1) is 12.7. The van der Waals surface area contributed by atoms with Crippen molar-refractivity contribution in [2.45, 2.75) is 31.4 Å². The molecule has 0 aromatic heterocycles. The second-order valence-corrected chi connectivity index (χ2v) is 7.68. The van der Waals surface area contributed by atoms with E-state index < -0.39 is 0 Å². The van der Waals surface area contributed by atoms with Gasteiger partial charge in [-0.2, -0.15) is 0 Å². The van der Waals surface area contributed by atoms with Gasteiger partial charge < -0.3 is 25.0 Å². The van der Waals surface area contributed by atoms with E-state index in [1.807, 2.05) is 7.05 Å². The van der Waals surface area contributed by atoms with E-state index in [0.717, 1.165) is 55.9 Å². The van der Waals surface area contributed by atoms with Gasteiger partial charge in [0.1, 0.15) is 0 Å². The van der Waals surface area contributed by atoms with Crippen LogP contribution in [0.1, 0.15) is 19.3 Å². The molecule has 0 bridgehead atoms. The van der Waals surface area contributed by atoms with Gasteiger partial charge in [-0.05, 0) is 43.5 Å². The predicted molar refractivity (Wildman–Crippen MR) is 109 cm³/mol. The van der Waals surface area contributed by atoms with Crippen LogP contribution in [0.3, 0.4) is 0 Å². The van der Waals surface area contributed by atoms with E-state index in [1.165, 1.54) is 5.69 Å². The molecule has 0 spiro atoms. The van der Waals surface area contributed by atoms with Gasteiger partial charge in [0, 0.05) is 49.5 Å². The van der Waals surface area contributed by atoms with Crippen molar-refractivity contribution < 1.29 is 9.47 Å². The van der Waals surface area contributed by atoms with Gasteiger partial charge in [0.2, 0.25) is 0 Å². The second kappa shape index (κ2) is 10.1. The van der Waals surface area contributed by atoms with Crippen LogP contribution in [0.25, 0.3) is 0 Å². The number of ether oxygens (including phenoxy) is 2. The molecule has 2 aliphatic heterocycles. The summed E-state index contributed by atoms with van der Waals surface area (Å²) in [6.07, 6.45) is 3.66. The molecule has 26 heavy (non-hydrogen) atoms. The molecule has 0 radical (unpaired) electrons. The Morgan fingerprint density at radius 3 is 2.92 bits per heavy atom. The number of nitrogens with zero attached hydrogens (tertiary/aromatic N) is 2. The van der Waals surface area contributed by atoms with Crippen molar-refractivity contribution in [2.75, 3.05) is 51.4 Å². The highest BCUT2D eigenvalue weighted by molar-refractivity contribution is 9.10. The van der Waals surface area contributed by atoms with E-state index in [0.29, 0.717) is 19.3 Å². The van der Waals surface area contributed by atoms with Gasteiger partial charge in [0.25, 0.3) is 0 Å². The van der Waals surface area contributed by atoms with Gasteiger partial charge in [-0.1, -0.05) is 15.9 Å². The van der Waals surface area contributed by atoms with Crippen LogP contribution in [0.5, 0.6) is 0 Å². The maximum Gasteiger partial charge on any atom is 0.191 e. The lowest BCUT2D eigenvalue weighted by Crippen LogP contribution is -2.45. The zero-order valence-electron chi connectivity index (χ0n) is 15.4. The third kappa shape index (κ3) is 5.86. The minimum atomic E-state index is 0.288. The standard InChI is InChI=1S/C19H29BrN4O2/c1-21-19(22-9-12-25-14-18-3-2-11-26-18)23-16-8-10-24(13-16)17-6-4-15(20)5-7-17/h4-7,16,18H,2-3,8-14H2,1H3,(H2,21,22,23). The molecule has 0 saturated carbocycles. The van der Waals surface area contributed by atoms with Gasteiger partial charge in [-0.3, -0.25) is 4.99 Å². The molecule has 6 nitrogen and oxygen atoms in total. The number of nitrogens with one attached hydrogen (secondary N) is 2. The van der Waals surface area contributed by atoms with Crippen LogP contribution < -0.4 is 15.5 Å². The van der Waals surface area contributed by atoms with Gasteiger partial charge in [0.05, 0.1) is 19.3 Å². The molecule has 1 aromatic carbocycles. The summed E-state index contributed by atoms with van der Waals surface area (Å²) < 4.78 is 12.4. The normalized spacial score (nSPS) is 23.5. The van der Waals surface area contributed by atoms with Gasteiger partial charge in [-0.25, -0.2) is 0 Å². The third-order valence-electron chi connectivity index (χ3n) is 4.81. The quantitative estimate of drug-likeness (QED) is 0.399. The fraction of sp³-hybridized carbons (Fsp3) is 0.632. The Hall–Kier alpha value is -1.31. The Bertz CT molecular complexity index is 575. The molecule has 0 aliphatic carbocycles. The first-order valence-electron chi connectivity index (χ1n) is 9.41. The molecular formula is C19H29BrN4O2. The molecule has 2 fully saturated rings. The lowest BCUT2D eigenvalue weighted by Gasteiger charge is -2.20.